The molecule has 0 amide bonds. The second-order valence-corrected chi connectivity index (χ2v) is 6.20. The monoisotopic (exact) mass is 332 g/mol. The Labute approximate surface area is 148 Å². The lowest BCUT2D eigenvalue weighted by Crippen LogP contribution is -2.36. The van der Waals surface area contributed by atoms with Crippen molar-refractivity contribution in [2.24, 2.45) is 0 Å². The fourth-order valence-electron chi connectivity index (χ4n) is 3.22. The highest BCUT2D eigenvalue weighted by Gasteiger charge is 2.17. The Morgan fingerprint density at radius 1 is 0.840 bits per heavy atom. The largest absolute Gasteiger partial charge is 0.394 e. The molecular formula is C21H22N3O+. The molecule has 0 atom stereocenters. The molecule has 4 rings (SSSR count). The van der Waals surface area contributed by atoms with Gasteiger partial charge in [-0.2, -0.15) is 4.57 Å². The second-order valence-electron chi connectivity index (χ2n) is 6.20. The zero-order valence-electron chi connectivity index (χ0n) is 14.1. The molecule has 0 aliphatic carbocycles. The average molecular weight is 332 g/mol. The van der Waals surface area contributed by atoms with Crippen molar-refractivity contribution in [3.63, 3.8) is 0 Å². The first kappa shape index (κ1) is 15.7. The van der Waals surface area contributed by atoms with E-state index in [1.54, 1.807) is 0 Å². The van der Waals surface area contributed by atoms with Crippen molar-refractivity contribution in [1.82, 2.24) is 0 Å². The molecule has 1 aromatic heterocycles. The maximum atomic E-state index is 6.03. The second kappa shape index (κ2) is 6.95. The van der Waals surface area contributed by atoms with E-state index in [1.807, 2.05) is 30.5 Å². The topological polar surface area (TPSA) is 42.4 Å². The summed E-state index contributed by atoms with van der Waals surface area (Å²) in [7, 11) is 0. The summed E-state index contributed by atoms with van der Waals surface area (Å²) < 4.78 is 7.57. The minimum atomic E-state index is 0.748. The molecule has 1 aliphatic heterocycles. The molecule has 0 spiro atoms. The molecule has 4 heteroatoms. The van der Waals surface area contributed by atoms with E-state index in [0.29, 0.717) is 0 Å². The number of benzene rings is 2. The highest BCUT2D eigenvalue weighted by molar-refractivity contribution is 5.62. The summed E-state index contributed by atoms with van der Waals surface area (Å²) in [5.41, 5.74) is 11.4. The van der Waals surface area contributed by atoms with Gasteiger partial charge in [0.2, 0.25) is 11.4 Å². The van der Waals surface area contributed by atoms with Crippen molar-refractivity contribution in [1.29, 1.82) is 0 Å². The number of nitrogens with two attached hydrogens (primary N) is 1. The fraction of sp³-hybridized carbons (Fsp3) is 0.190. The third-order valence-electron chi connectivity index (χ3n) is 4.55. The summed E-state index contributed by atoms with van der Waals surface area (Å²) in [4.78, 5) is 2.36. The van der Waals surface area contributed by atoms with Crippen molar-refractivity contribution >= 4 is 11.4 Å². The molecule has 25 heavy (non-hydrogen) atoms. The Hall–Kier alpha value is -2.85. The summed E-state index contributed by atoms with van der Waals surface area (Å²) in [5, 5.41) is 0. The van der Waals surface area contributed by atoms with E-state index in [9.17, 15) is 0 Å². The lowest BCUT2D eigenvalue weighted by Gasteiger charge is -2.28. The SMILES string of the molecule is Nc1ccc(-c2ccc(N3CCOCC3)cc2)[n+](-c2ccccc2)c1. The number of morpholine rings is 1. The first-order valence-electron chi connectivity index (χ1n) is 8.61. The highest BCUT2D eigenvalue weighted by atomic mass is 16.5. The third kappa shape index (κ3) is 3.35. The Balaban J connectivity index is 1.70. The molecule has 0 saturated carbocycles. The molecule has 2 N–H and O–H groups in total. The lowest BCUT2D eigenvalue weighted by molar-refractivity contribution is -0.583. The predicted molar refractivity (Wildman–Crippen MR) is 101 cm³/mol. The van der Waals surface area contributed by atoms with Crippen LogP contribution in [-0.2, 0) is 4.74 Å². The van der Waals surface area contributed by atoms with Crippen LogP contribution in [0, 0.1) is 0 Å². The first-order chi connectivity index (χ1) is 12.3. The number of pyridine rings is 1. The highest BCUT2D eigenvalue weighted by Crippen LogP contribution is 2.23. The number of nitrogen functional groups attached to an aromatic ring is 1. The number of nitrogens with zero attached hydrogens (tertiary/aromatic N) is 2. The van der Waals surface area contributed by atoms with Crippen molar-refractivity contribution in [2.75, 3.05) is 36.9 Å². The number of aromatic nitrogens is 1. The number of para-hydroxylation sites is 1. The molecule has 2 heterocycles. The van der Waals surface area contributed by atoms with Gasteiger partial charge in [0.15, 0.2) is 6.20 Å². The van der Waals surface area contributed by atoms with Crippen LogP contribution in [0.25, 0.3) is 16.9 Å². The van der Waals surface area contributed by atoms with Crippen LogP contribution >= 0.6 is 0 Å². The van der Waals surface area contributed by atoms with E-state index in [1.165, 1.54) is 11.3 Å². The van der Waals surface area contributed by atoms with Crippen LogP contribution < -0.4 is 15.2 Å². The van der Waals surface area contributed by atoms with Crippen LogP contribution in [0.4, 0.5) is 11.4 Å². The number of ether oxygens (including phenoxy) is 1. The smallest absolute Gasteiger partial charge is 0.218 e. The number of hydrogen-bond donors (Lipinski definition) is 1. The lowest BCUT2D eigenvalue weighted by atomic mass is 10.1. The van der Waals surface area contributed by atoms with Crippen LogP contribution in [0.15, 0.2) is 72.9 Å². The van der Waals surface area contributed by atoms with Gasteiger partial charge in [-0.25, -0.2) is 0 Å². The van der Waals surface area contributed by atoms with E-state index < -0.39 is 0 Å². The third-order valence-corrected chi connectivity index (χ3v) is 4.55. The normalized spacial score (nSPS) is 14.5. The Morgan fingerprint density at radius 3 is 2.28 bits per heavy atom. The van der Waals surface area contributed by atoms with E-state index in [2.05, 4.69) is 51.9 Å². The molecule has 126 valence electrons. The molecule has 0 unspecified atom stereocenters. The molecule has 1 fully saturated rings. The molecule has 4 nitrogen and oxygen atoms in total. The van der Waals surface area contributed by atoms with Gasteiger partial charge in [-0.05, 0) is 30.3 Å². The summed E-state index contributed by atoms with van der Waals surface area (Å²) in [5.74, 6) is 0. The summed E-state index contributed by atoms with van der Waals surface area (Å²) in [6, 6.07) is 23.0. The van der Waals surface area contributed by atoms with Crippen molar-refractivity contribution in [3.05, 3.63) is 72.9 Å². The minimum Gasteiger partial charge on any atom is -0.394 e. The maximum Gasteiger partial charge on any atom is 0.218 e. The minimum absolute atomic E-state index is 0.748. The summed E-state index contributed by atoms with van der Waals surface area (Å²) in [6.45, 7) is 3.50. The number of anilines is 2. The molecule has 0 radical (unpaired) electrons. The molecule has 3 aromatic rings. The van der Waals surface area contributed by atoms with Crippen LogP contribution in [0.1, 0.15) is 0 Å². The van der Waals surface area contributed by atoms with Gasteiger partial charge in [0.05, 0.1) is 18.9 Å². The van der Waals surface area contributed by atoms with E-state index in [4.69, 9.17) is 10.5 Å². The van der Waals surface area contributed by atoms with E-state index in [-0.39, 0.29) is 0 Å². The van der Waals surface area contributed by atoms with E-state index >= 15 is 0 Å². The Morgan fingerprint density at radius 2 is 1.56 bits per heavy atom. The number of hydrogen-bond acceptors (Lipinski definition) is 3. The van der Waals surface area contributed by atoms with Crippen LogP contribution in [0.2, 0.25) is 0 Å². The zero-order valence-corrected chi connectivity index (χ0v) is 14.1. The first-order valence-corrected chi connectivity index (χ1v) is 8.61. The summed E-state index contributed by atoms with van der Waals surface area (Å²) in [6.07, 6.45) is 1.97. The summed E-state index contributed by atoms with van der Waals surface area (Å²) >= 11 is 0. The van der Waals surface area contributed by atoms with Gasteiger partial charge >= 0.3 is 0 Å². The molecule has 2 aromatic carbocycles. The number of rotatable bonds is 3. The van der Waals surface area contributed by atoms with Gasteiger partial charge in [-0.3, -0.25) is 0 Å². The van der Waals surface area contributed by atoms with Gasteiger partial charge in [0, 0.05) is 42.5 Å². The molecule has 1 saturated heterocycles. The molecule has 0 bridgehead atoms. The maximum absolute atomic E-state index is 6.03. The van der Waals surface area contributed by atoms with Gasteiger partial charge in [0.25, 0.3) is 0 Å². The van der Waals surface area contributed by atoms with Gasteiger partial charge < -0.3 is 15.4 Å². The van der Waals surface area contributed by atoms with Crippen molar-refractivity contribution in [3.8, 4) is 16.9 Å². The van der Waals surface area contributed by atoms with Crippen LogP contribution in [-0.4, -0.2) is 26.3 Å². The van der Waals surface area contributed by atoms with Gasteiger partial charge in [-0.1, -0.05) is 18.2 Å². The zero-order chi connectivity index (χ0) is 17.1. The van der Waals surface area contributed by atoms with Gasteiger partial charge in [0.1, 0.15) is 0 Å². The molecular weight excluding hydrogens is 310 g/mol. The Kier molecular flexibility index (Phi) is 4.36. The fourth-order valence-corrected chi connectivity index (χ4v) is 3.22. The van der Waals surface area contributed by atoms with Crippen LogP contribution in [0.5, 0.6) is 0 Å². The average Bonchev–Trinajstić information content (AvgIpc) is 2.69. The van der Waals surface area contributed by atoms with Gasteiger partial charge in [-0.15, -0.1) is 0 Å². The standard InChI is InChI=1S/C21H22N3O/c22-18-8-11-21(24(16-18)20-4-2-1-3-5-20)17-6-9-19(10-7-17)23-12-14-25-15-13-23/h1-11,16H,12-15,22H2/q+1. The quantitative estimate of drug-likeness (QED) is 0.750. The van der Waals surface area contributed by atoms with Crippen molar-refractivity contribution in [2.45, 2.75) is 0 Å². The van der Waals surface area contributed by atoms with E-state index in [0.717, 1.165) is 43.4 Å². The van der Waals surface area contributed by atoms with Crippen molar-refractivity contribution < 1.29 is 9.30 Å². The van der Waals surface area contributed by atoms with Crippen LogP contribution in [0.3, 0.4) is 0 Å². The predicted octanol–water partition coefficient (Wildman–Crippen LogP) is 3.05. The molecule has 1 aliphatic rings. The Bertz CT molecular complexity index is 841.